The number of carbonyl (C=O) groups is 1. The van der Waals surface area contributed by atoms with Crippen molar-refractivity contribution in [3.05, 3.63) is 62.0 Å². The van der Waals surface area contributed by atoms with Crippen LogP contribution in [0.1, 0.15) is 21.9 Å². The third-order valence-corrected chi connectivity index (χ3v) is 3.34. The molecule has 108 valence electrons. The average Bonchev–Trinajstić information content (AvgIpc) is 2.77. The number of halogens is 1. The van der Waals surface area contributed by atoms with Crippen molar-refractivity contribution in [2.24, 2.45) is 5.10 Å². The first-order valence-corrected chi connectivity index (χ1v) is 6.60. The minimum atomic E-state index is -0.566. The number of non-ortho nitro benzene ring substituents is 1. The molecule has 0 bridgehead atoms. The number of aryl methyl sites for hydroxylation is 1. The molecule has 0 aliphatic heterocycles. The monoisotopic (exact) mass is 351 g/mol. The lowest BCUT2D eigenvalue weighted by Crippen LogP contribution is -2.17. The van der Waals surface area contributed by atoms with Crippen molar-refractivity contribution in [2.75, 3.05) is 0 Å². The summed E-state index contributed by atoms with van der Waals surface area (Å²) >= 11 is 3.29. The molecule has 1 amide bonds. The zero-order valence-electron chi connectivity index (χ0n) is 10.9. The lowest BCUT2D eigenvalue weighted by atomic mass is 10.2. The van der Waals surface area contributed by atoms with Gasteiger partial charge in [0.1, 0.15) is 11.5 Å². The fraction of sp³-hybridized carbons (Fsp3) is 0.0769. The van der Waals surface area contributed by atoms with Crippen molar-refractivity contribution in [3.8, 4) is 0 Å². The van der Waals surface area contributed by atoms with Crippen molar-refractivity contribution in [3.63, 3.8) is 0 Å². The number of amides is 1. The standard InChI is InChI=1S/C13H10BrN3O4/c1-8-12(14)6-11(21-8)7-15-16-13(18)9-3-2-4-10(5-9)17(19)20/h2-7H,1H3,(H,16,18). The fourth-order valence-corrected chi connectivity index (χ4v) is 1.83. The topological polar surface area (TPSA) is 97.7 Å². The number of nitrogens with zero attached hydrogens (tertiary/aromatic N) is 2. The van der Waals surface area contributed by atoms with Gasteiger partial charge in [-0.15, -0.1) is 0 Å². The lowest BCUT2D eigenvalue weighted by molar-refractivity contribution is -0.384. The first-order chi connectivity index (χ1) is 9.97. The molecule has 0 unspecified atom stereocenters. The Bertz CT molecular complexity index is 704. The number of rotatable bonds is 4. The molecule has 1 aromatic carbocycles. The molecule has 2 rings (SSSR count). The van der Waals surface area contributed by atoms with Gasteiger partial charge >= 0.3 is 0 Å². The summed E-state index contributed by atoms with van der Waals surface area (Å²) in [4.78, 5) is 21.9. The van der Waals surface area contributed by atoms with Crippen LogP contribution in [0.15, 0.2) is 44.3 Å². The van der Waals surface area contributed by atoms with Crippen LogP contribution in [0, 0.1) is 17.0 Å². The van der Waals surface area contributed by atoms with Crippen molar-refractivity contribution in [2.45, 2.75) is 6.92 Å². The van der Waals surface area contributed by atoms with E-state index in [9.17, 15) is 14.9 Å². The first-order valence-electron chi connectivity index (χ1n) is 5.81. The molecule has 0 aliphatic carbocycles. The van der Waals surface area contributed by atoms with Gasteiger partial charge in [0.15, 0.2) is 0 Å². The van der Waals surface area contributed by atoms with Crippen molar-refractivity contribution in [1.29, 1.82) is 0 Å². The highest BCUT2D eigenvalue weighted by Crippen LogP contribution is 2.19. The van der Waals surface area contributed by atoms with Gasteiger partial charge in [0.05, 0.1) is 15.6 Å². The van der Waals surface area contributed by atoms with Gasteiger partial charge in [-0.2, -0.15) is 5.10 Å². The Balaban J connectivity index is 2.04. The highest BCUT2D eigenvalue weighted by atomic mass is 79.9. The quantitative estimate of drug-likeness (QED) is 0.519. The molecule has 1 aromatic heterocycles. The zero-order valence-corrected chi connectivity index (χ0v) is 12.5. The van der Waals surface area contributed by atoms with Crippen molar-refractivity contribution < 1.29 is 14.1 Å². The minimum Gasteiger partial charge on any atom is -0.459 e. The Labute approximate surface area is 127 Å². The van der Waals surface area contributed by atoms with E-state index in [1.165, 1.54) is 30.5 Å². The van der Waals surface area contributed by atoms with Gasteiger partial charge in [0.2, 0.25) is 0 Å². The van der Waals surface area contributed by atoms with E-state index in [0.29, 0.717) is 11.5 Å². The van der Waals surface area contributed by atoms with E-state index in [4.69, 9.17) is 4.42 Å². The lowest BCUT2D eigenvalue weighted by Gasteiger charge is -1.99. The van der Waals surface area contributed by atoms with E-state index in [1.807, 2.05) is 0 Å². The van der Waals surface area contributed by atoms with E-state index in [0.717, 1.165) is 4.47 Å². The van der Waals surface area contributed by atoms with Crippen LogP contribution in [0.3, 0.4) is 0 Å². The van der Waals surface area contributed by atoms with Gasteiger partial charge in [-0.25, -0.2) is 5.43 Å². The van der Waals surface area contributed by atoms with Crippen molar-refractivity contribution >= 4 is 33.7 Å². The molecule has 8 heteroatoms. The first kappa shape index (κ1) is 14.9. The molecule has 2 aromatic rings. The Morgan fingerprint density at radius 3 is 2.86 bits per heavy atom. The van der Waals surface area contributed by atoms with E-state index in [2.05, 4.69) is 26.5 Å². The number of nitrogens with one attached hydrogen (secondary N) is 1. The van der Waals surface area contributed by atoms with Crippen LogP contribution in [0.5, 0.6) is 0 Å². The molecule has 7 nitrogen and oxygen atoms in total. The van der Waals surface area contributed by atoms with Crippen LogP contribution in [0.25, 0.3) is 0 Å². The van der Waals surface area contributed by atoms with E-state index in [-0.39, 0.29) is 11.3 Å². The largest absolute Gasteiger partial charge is 0.459 e. The van der Waals surface area contributed by atoms with Crippen molar-refractivity contribution in [1.82, 2.24) is 5.43 Å². The highest BCUT2D eigenvalue weighted by molar-refractivity contribution is 9.10. The SMILES string of the molecule is Cc1oc(C=NNC(=O)c2cccc([N+](=O)[O-])c2)cc1Br. The normalized spacial score (nSPS) is 10.8. The molecule has 0 saturated heterocycles. The van der Waals surface area contributed by atoms with Crippen LogP contribution in [-0.4, -0.2) is 17.0 Å². The summed E-state index contributed by atoms with van der Waals surface area (Å²) in [6.07, 6.45) is 1.34. The molecule has 0 aliphatic rings. The van der Waals surface area contributed by atoms with Gasteiger partial charge < -0.3 is 4.42 Å². The maximum absolute atomic E-state index is 11.8. The molecule has 0 radical (unpaired) electrons. The molecule has 21 heavy (non-hydrogen) atoms. The number of nitro benzene ring substituents is 1. The second-order valence-electron chi connectivity index (χ2n) is 4.06. The van der Waals surface area contributed by atoms with Gasteiger partial charge in [0.25, 0.3) is 11.6 Å². The van der Waals surface area contributed by atoms with E-state index in [1.54, 1.807) is 13.0 Å². The average molecular weight is 352 g/mol. The fourth-order valence-electron chi connectivity index (χ4n) is 1.52. The smallest absolute Gasteiger partial charge is 0.271 e. The number of benzene rings is 1. The highest BCUT2D eigenvalue weighted by Gasteiger charge is 2.10. The Morgan fingerprint density at radius 1 is 1.48 bits per heavy atom. The number of hydrogen-bond acceptors (Lipinski definition) is 5. The molecule has 0 atom stereocenters. The Morgan fingerprint density at radius 2 is 2.24 bits per heavy atom. The van der Waals surface area contributed by atoms with Gasteiger partial charge in [-0.1, -0.05) is 6.07 Å². The Kier molecular flexibility index (Phi) is 4.49. The van der Waals surface area contributed by atoms with E-state index < -0.39 is 10.8 Å². The molecular formula is C13H10BrN3O4. The number of furan rings is 1. The summed E-state index contributed by atoms with van der Waals surface area (Å²) < 4.78 is 6.12. The maximum Gasteiger partial charge on any atom is 0.271 e. The Hall–Kier alpha value is -2.48. The minimum absolute atomic E-state index is 0.151. The predicted molar refractivity (Wildman–Crippen MR) is 79.3 cm³/mol. The second kappa shape index (κ2) is 6.31. The van der Waals surface area contributed by atoms with Gasteiger partial charge in [-0.3, -0.25) is 14.9 Å². The number of nitro groups is 1. The number of hydrogen-bond donors (Lipinski definition) is 1. The summed E-state index contributed by atoms with van der Waals surface area (Å²) in [5.41, 5.74) is 2.27. The summed E-state index contributed by atoms with van der Waals surface area (Å²) in [6.45, 7) is 1.78. The van der Waals surface area contributed by atoms with Gasteiger partial charge in [-0.05, 0) is 28.9 Å². The van der Waals surface area contributed by atoms with Crippen LogP contribution >= 0.6 is 15.9 Å². The third-order valence-electron chi connectivity index (χ3n) is 2.55. The molecule has 1 N–H and O–H groups in total. The van der Waals surface area contributed by atoms with Crippen LogP contribution < -0.4 is 5.43 Å². The molecule has 1 heterocycles. The number of hydrazone groups is 1. The van der Waals surface area contributed by atoms with Gasteiger partial charge in [0, 0.05) is 23.8 Å². The molecular weight excluding hydrogens is 342 g/mol. The maximum atomic E-state index is 11.8. The second-order valence-corrected chi connectivity index (χ2v) is 4.91. The molecule has 0 spiro atoms. The summed E-state index contributed by atoms with van der Waals surface area (Å²) in [5, 5.41) is 14.4. The summed E-state index contributed by atoms with van der Waals surface area (Å²) in [5.74, 6) is 0.623. The third kappa shape index (κ3) is 3.76. The summed E-state index contributed by atoms with van der Waals surface area (Å²) in [6, 6.07) is 7.09. The van der Waals surface area contributed by atoms with Crippen LogP contribution in [0.4, 0.5) is 5.69 Å². The van der Waals surface area contributed by atoms with Crippen LogP contribution in [0.2, 0.25) is 0 Å². The van der Waals surface area contributed by atoms with E-state index >= 15 is 0 Å². The predicted octanol–water partition coefficient (Wildman–Crippen LogP) is 3.02. The van der Waals surface area contributed by atoms with Crippen LogP contribution in [-0.2, 0) is 0 Å². The summed E-state index contributed by atoms with van der Waals surface area (Å²) in [7, 11) is 0. The molecule has 0 fully saturated rings. The zero-order chi connectivity index (χ0) is 15.4. The molecule has 0 saturated carbocycles. The number of carbonyl (C=O) groups excluding carboxylic acids is 1.